The molecule has 0 spiro atoms. The van der Waals surface area contributed by atoms with Crippen LogP contribution in [0.3, 0.4) is 0 Å². The standard InChI is InChI=1S/C13H15ClFN3O2/c1-16-13(19)3-4-18-10-6-11(20-2)8(15)5-9(10)17-12(18)7-14/h5-6H,3-4,7H2,1-2H3,(H,16,19). The number of nitrogens with one attached hydrogen (secondary N) is 1. The lowest BCUT2D eigenvalue weighted by Gasteiger charge is -2.08. The summed E-state index contributed by atoms with van der Waals surface area (Å²) in [7, 11) is 2.98. The summed E-state index contributed by atoms with van der Waals surface area (Å²) in [5, 5.41) is 2.55. The molecule has 0 bridgehead atoms. The van der Waals surface area contributed by atoms with Crippen molar-refractivity contribution in [1.82, 2.24) is 14.9 Å². The van der Waals surface area contributed by atoms with Gasteiger partial charge in [-0.3, -0.25) is 4.79 Å². The maximum Gasteiger partial charge on any atom is 0.221 e. The molecule has 0 aliphatic heterocycles. The fraction of sp³-hybridized carbons (Fsp3) is 0.385. The first-order valence-electron chi connectivity index (χ1n) is 6.10. The predicted molar refractivity (Wildman–Crippen MR) is 74.5 cm³/mol. The number of benzene rings is 1. The minimum absolute atomic E-state index is 0.0820. The maximum atomic E-state index is 13.7. The zero-order chi connectivity index (χ0) is 14.7. The van der Waals surface area contributed by atoms with Gasteiger partial charge in [0.2, 0.25) is 5.91 Å². The molecule has 0 saturated heterocycles. The molecular weight excluding hydrogens is 285 g/mol. The zero-order valence-corrected chi connectivity index (χ0v) is 12.0. The number of imidazole rings is 1. The largest absolute Gasteiger partial charge is 0.494 e. The number of hydrogen-bond donors (Lipinski definition) is 1. The molecule has 5 nitrogen and oxygen atoms in total. The molecule has 108 valence electrons. The molecule has 0 atom stereocenters. The summed E-state index contributed by atoms with van der Waals surface area (Å²) >= 11 is 5.86. The van der Waals surface area contributed by atoms with E-state index in [0.29, 0.717) is 29.8 Å². The van der Waals surface area contributed by atoms with Crippen LogP contribution in [0.25, 0.3) is 11.0 Å². The van der Waals surface area contributed by atoms with E-state index in [1.807, 2.05) is 0 Å². The molecule has 0 fully saturated rings. The predicted octanol–water partition coefficient (Wildman–Crippen LogP) is 2.06. The van der Waals surface area contributed by atoms with Crippen molar-refractivity contribution < 1.29 is 13.9 Å². The molecule has 0 radical (unpaired) electrons. The van der Waals surface area contributed by atoms with Crippen LogP contribution in [0, 0.1) is 5.82 Å². The molecule has 1 aromatic heterocycles. The lowest BCUT2D eigenvalue weighted by atomic mass is 10.2. The van der Waals surface area contributed by atoms with Crippen molar-refractivity contribution in [3.63, 3.8) is 0 Å². The number of halogens is 2. The zero-order valence-electron chi connectivity index (χ0n) is 11.2. The number of fused-ring (bicyclic) bond motifs is 1. The number of aryl methyl sites for hydroxylation is 1. The number of hydrogen-bond acceptors (Lipinski definition) is 3. The van der Waals surface area contributed by atoms with Gasteiger partial charge in [-0.05, 0) is 0 Å². The van der Waals surface area contributed by atoms with Gasteiger partial charge in [-0.25, -0.2) is 9.37 Å². The van der Waals surface area contributed by atoms with Crippen molar-refractivity contribution in [3.05, 3.63) is 23.8 Å². The summed E-state index contributed by atoms with van der Waals surface area (Å²) < 4.78 is 20.4. The van der Waals surface area contributed by atoms with Gasteiger partial charge in [0, 0.05) is 32.1 Å². The molecule has 1 amide bonds. The fourth-order valence-electron chi connectivity index (χ4n) is 2.02. The van der Waals surface area contributed by atoms with Crippen LogP contribution in [-0.2, 0) is 17.2 Å². The van der Waals surface area contributed by atoms with Crippen molar-refractivity contribution in [3.8, 4) is 5.75 Å². The highest BCUT2D eigenvalue weighted by atomic mass is 35.5. The van der Waals surface area contributed by atoms with E-state index in [4.69, 9.17) is 16.3 Å². The Morgan fingerprint density at radius 1 is 1.55 bits per heavy atom. The van der Waals surface area contributed by atoms with E-state index in [2.05, 4.69) is 10.3 Å². The Balaban J connectivity index is 2.46. The van der Waals surface area contributed by atoms with E-state index < -0.39 is 5.82 Å². The molecule has 1 aromatic carbocycles. The highest BCUT2D eigenvalue weighted by Gasteiger charge is 2.14. The molecule has 0 aliphatic rings. The highest BCUT2D eigenvalue weighted by Crippen LogP contribution is 2.26. The molecular formula is C13H15ClFN3O2. The Kier molecular flexibility index (Phi) is 4.44. The van der Waals surface area contributed by atoms with Gasteiger partial charge < -0.3 is 14.6 Å². The van der Waals surface area contributed by atoms with Crippen molar-refractivity contribution in [2.24, 2.45) is 0 Å². The minimum Gasteiger partial charge on any atom is -0.494 e. The number of carbonyl (C=O) groups is 1. The van der Waals surface area contributed by atoms with E-state index in [1.54, 1.807) is 17.7 Å². The Morgan fingerprint density at radius 3 is 2.90 bits per heavy atom. The Bertz CT molecular complexity index is 642. The summed E-state index contributed by atoms with van der Waals surface area (Å²) in [6.45, 7) is 0.424. The number of ether oxygens (including phenoxy) is 1. The van der Waals surface area contributed by atoms with Crippen LogP contribution in [0.4, 0.5) is 4.39 Å². The Labute approximate surface area is 120 Å². The lowest BCUT2D eigenvalue weighted by Crippen LogP contribution is -2.20. The summed E-state index contributed by atoms with van der Waals surface area (Å²) in [5.41, 5.74) is 1.19. The first kappa shape index (κ1) is 14.6. The molecule has 20 heavy (non-hydrogen) atoms. The number of rotatable bonds is 5. The van der Waals surface area contributed by atoms with Gasteiger partial charge in [0.25, 0.3) is 0 Å². The van der Waals surface area contributed by atoms with Crippen molar-refractivity contribution in [2.45, 2.75) is 18.8 Å². The lowest BCUT2D eigenvalue weighted by molar-refractivity contribution is -0.120. The van der Waals surface area contributed by atoms with Crippen molar-refractivity contribution in [1.29, 1.82) is 0 Å². The summed E-state index contributed by atoms with van der Waals surface area (Å²) in [4.78, 5) is 15.6. The Morgan fingerprint density at radius 2 is 2.30 bits per heavy atom. The molecule has 2 rings (SSSR count). The molecule has 0 unspecified atom stereocenters. The summed E-state index contributed by atoms with van der Waals surface area (Å²) in [5.74, 6) is 0.364. The molecule has 0 saturated carbocycles. The topological polar surface area (TPSA) is 56.2 Å². The molecule has 2 aromatic rings. The van der Waals surface area contributed by atoms with E-state index in [1.165, 1.54) is 13.2 Å². The quantitative estimate of drug-likeness (QED) is 0.860. The van der Waals surface area contributed by atoms with Gasteiger partial charge in [0.1, 0.15) is 5.82 Å². The third-order valence-corrected chi connectivity index (χ3v) is 3.30. The van der Waals surface area contributed by atoms with Crippen LogP contribution in [0.15, 0.2) is 12.1 Å². The number of carbonyl (C=O) groups excluding carboxylic acids is 1. The van der Waals surface area contributed by atoms with Crippen molar-refractivity contribution >= 4 is 28.5 Å². The SMILES string of the molecule is CNC(=O)CCn1c(CCl)nc2cc(F)c(OC)cc21. The number of alkyl halides is 1. The Hall–Kier alpha value is -1.82. The molecule has 0 aliphatic carbocycles. The van der Waals surface area contributed by atoms with Crippen LogP contribution in [0.2, 0.25) is 0 Å². The van der Waals surface area contributed by atoms with E-state index >= 15 is 0 Å². The minimum atomic E-state index is -0.475. The van der Waals surface area contributed by atoms with E-state index in [0.717, 1.165) is 0 Å². The first-order chi connectivity index (χ1) is 9.60. The normalized spacial score (nSPS) is 10.8. The fourth-order valence-corrected chi connectivity index (χ4v) is 2.23. The number of nitrogens with zero attached hydrogens (tertiary/aromatic N) is 2. The first-order valence-corrected chi connectivity index (χ1v) is 6.63. The maximum absolute atomic E-state index is 13.7. The highest BCUT2D eigenvalue weighted by molar-refractivity contribution is 6.16. The van der Waals surface area contributed by atoms with Gasteiger partial charge in [-0.2, -0.15) is 0 Å². The van der Waals surface area contributed by atoms with Crippen LogP contribution < -0.4 is 10.1 Å². The summed E-state index contributed by atoms with van der Waals surface area (Å²) in [6, 6.07) is 2.87. The second-order valence-electron chi connectivity index (χ2n) is 4.21. The average Bonchev–Trinajstić information content (AvgIpc) is 2.80. The second-order valence-corrected chi connectivity index (χ2v) is 4.48. The molecule has 1 heterocycles. The summed E-state index contributed by atoms with van der Waals surface area (Å²) in [6.07, 6.45) is 0.297. The van der Waals surface area contributed by atoms with Gasteiger partial charge in [-0.1, -0.05) is 0 Å². The van der Waals surface area contributed by atoms with Gasteiger partial charge in [0.15, 0.2) is 11.6 Å². The third kappa shape index (κ3) is 2.70. The van der Waals surface area contributed by atoms with Crippen LogP contribution in [-0.4, -0.2) is 29.6 Å². The number of methoxy groups -OCH3 is 1. The van der Waals surface area contributed by atoms with Crippen LogP contribution in [0.1, 0.15) is 12.2 Å². The molecule has 7 heteroatoms. The van der Waals surface area contributed by atoms with Crippen LogP contribution in [0.5, 0.6) is 5.75 Å². The van der Waals surface area contributed by atoms with E-state index in [-0.39, 0.29) is 17.5 Å². The van der Waals surface area contributed by atoms with Gasteiger partial charge in [0.05, 0.1) is 24.0 Å². The third-order valence-electron chi connectivity index (χ3n) is 3.06. The van der Waals surface area contributed by atoms with E-state index in [9.17, 15) is 9.18 Å². The second kappa shape index (κ2) is 6.09. The van der Waals surface area contributed by atoms with Crippen molar-refractivity contribution in [2.75, 3.05) is 14.2 Å². The van der Waals surface area contributed by atoms with Gasteiger partial charge in [-0.15, -0.1) is 11.6 Å². The number of aromatic nitrogens is 2. The molecule has 1 N–H and O–H groups in total. The van der Waals surface area contributed by atoms with Crippen LogP contribution >= 0.6 is 11.6 Å². The monoisotopic (exact) mass is 299 g/mol. The smallest absolute Gasteiger partial charge is 0.221 e. The van der Waals surface area contributed by atoms with Gasteiger partial charge >= 0.3 is 0 Å². The average molecular weight is 300 g/mol. The number of amides is 1.